The van der Waals surface area contributed by atoms with E-state index in [1.165, 1.54) is 12.1 Å². The van der Waals surface area contributed by atoms with Crippen LogP contribution in [0.25, 0.3) is 0 Å². The Balaban J connectivity index is 2.41. The van der Waals surface area contributed by atoms with E-state index in [1.54, 1.807) is 0 Å². The summed E-state index contributed by atoms with van der Waals surface area (Å²) in [6, 6.07) is 2.78. The first-order valence-electron chi connectivity index (χ1n) is 6.04. The number of amides is 1. The maximum absolute atomic E-state index is 13.5. The summed E-state index contributed by atoms with van der Waals surface area (Å²) in [5, 5.41) is 0.0202. The minimum absolute atomic E-state index is 0.0202. The minimum Gasteiger partial charge on any atom is -0.366 e. The van der Waals surface area contributed by atoms with Crippen LogP contribution in [0.4, 0.5) is 4.39 Å². The molecule has 1 amide bonds. The molecule has 1 aliphatic carbocycles. The van der Waals surface area contributed by atoms with Gasteiger partial charge in [0.25, 0.3) is 0 Å². The predicted molar refractivity (Wildman–Crippen MR) is 69.1 cm³/mol. The zero-order valence-corrected chi connectivity index (χ0v) is 10.7. The van der Waals surface area contributed by atoms with E-state index in [4.69, 9.17) is 23.1 Å². The molecular weight excluding hydrogens is 255 g/mol. The zero-order valence-electron chi connectivity index (χ0n) is 9.96. The van der Waals surface area contributed by atoms with E-state index < -0.39 is 11.7 Å². The Kier molecular flexibility index (Phi) is 3.88. The van der Waals surface area contributed by atoms with Gasteiger partial charge in [0.15, 0.2) is 0 Å². The van der Waals surface area contributed by atoms with Crippen LogP contribution in [0.1, 0.15) is 47.5 Å². The highest BCUT2D eigenvalue weighted by Gasteiger charge is 2.26. The van der Waals surface area contributed by atoms with Crippen LogP contribution >= 0.6 is 11.6 Å². The van der Waals surface area contributed by atoms with Gasteiger partial charge in [-0.05, 0) is 49.3 Å². The van der Waals surface area contributed by atoms with Gasteiger partial charge in [0, 0.05) is 11.6 Å². The lowest BCUT2D eigenvalue weighted by atomic mass is 9.80. The normalized spacial score (nSPS) is 23.9. The van der Waals surface area contributed by atoms with Gasteiger partial charge < -0.3 is 11.5 Å². The first-order valence-corrected chi connectivity index (χ1v) is 6.41. The number of hydrogen-bond acceptors (Lipinski definition) is 2. The summed E-state index contributed by atoms with van der Waals surface area (Å²) in [4.78, 5) is 11.4. The molecule has 0 saturated heterocycles. The molecule has 0 atom stereocenters. The third-order valence-electron chi connectivity index (χ3n) is 3.58. The molecule has 98 valence electrons. The molecule has 1 aromatic carbocycles. The van der Waals surface area contributed by atoms with E-state index in [-0.39, 0.29) is 17.0 Å². The molecule has 0 unspecified atom stereocenters. The summed E-state index contributed by atoms with van der Waals surface area (Å²) < 4.78 is 13.5. The molecule has 0 aliphatic heterocycles. The molecule has 2 rings (SSSR count). The van der Waals surface area contributed by atoms with Gasteiger partial charge in [0.2, 0.25) is 5.91 Å². The number of benzene rings is 1. The quantitative estimate of drug-likeness (QED) is 0.867. The topological polar surface area (TPSA) is 69.1 Å². The Morgan fingerprint density at radius 2 is 1.89 bits per heavy atom. The van der Waals surface area contributed by atoms with Crippen LogP contribution in [0.15, 0.2) is 12.1 Å². The number of carbonyl (C=O) groups excluding carboxylic acids is 1. The lowest BCUT2D eigenvalue weighted by Crippen LogP contribution is -2.27. The van der Waals surface area contributed by atoms with Crippen LogP contribution in [0, 0.1) is 5.82 Å². The molecule has 1 saturated carbocycles. The average Bonchev–Trinajstić information content (AvgIpc) is 2.33. The smallest absolute Gasteiger partial charge is 0.249 e. The maximum atomic E-state index is 13.5. The van der Waals surface area contributed by atoms with Gasteiger partial charge >= 0.3 is 0 Å². The van der Waals surface area contributed by atoms with Gasteiger partial charge in [0.05, 0.1) is 5.02 Å². The Labute approximate surface area is 110 Å². The van der Waals surface area contributed by atoms with Gasteiger partial charge in [0.1, 0.15) is 5.82 Å². The molecular formula is C13H16ClFN2O. The second kappa shape index (κ2) is 5.24. The Hall–Kier alpha value is -1.13. The monoisotopic (exact) mass is 270 g/mol. The van der Waals surface area contributed by atoms with E-state index in [9.17, 15) is 9.18 Å². The Bertz CT molecular complexity index is 470. The van der Waals surface area contributed by atoms with E-state index in [0.29, 0.717) is 11.1 Å². The van der Waals surface area contributed by atoms with Gasteiger partial charge in [-0.3, -0.25) is 4.79 Å². The van der Waals surface area contributed by atoms with Crippen molar-refractivity contribution in [2.24, 2.45) is 11.5 Å². The second-order valence-electron chi connectivity index (χ2n) is 4.80. The lowest BCUT2D eigenvalue weighted by molar-refractivity contribution is 0.0998. The number of halogens is 2. The van der Waals surface area contributed by atoms with Crippen LogP contribution in [-0.2, 0) is 0 Å². The van der Waals surface area contributed by atoms with Crippen LogP contribution < -0.4 is 11.5 Å². The van der Waals surface area contributed by atoms with E-state index in [0.717, 1.165) is 25.7 Å². The van der Waals surface area contributed by atoms with Crippen molar-refractivity contribution in [1.29, 1.82) is 0 Å². The minimum atomic E-state index is -0.568. The number of rotatable bonds is 2. The highest BCUT2D eigenvalue weighted by Crippen LogP contribution is 2.38. The molecule has 0 radical (unpaired) electrons. The van der Waals surface area contributed by atoms with Crippen molar-refractivity contribution in [2.45, 2.75) is 37.6 Å². The van der Waals surface area contributed by atoms with Crippen molar-refractivity contribution in [3.05, 3.63) is 34.1 Å². The molecule has 1 fully saturated rings. The van der Waals surface area contributed by atoms with Crippen molar-refractivity contribution in [3.63, 3.8) is 0 Å². The number of hydrogen-bond donors (Lipinski definition) is 2. The van der Waals surface area contributed by atoms with Crippen molar-refractivity contribution in [2.75, 3.05) is 0 Å². The summed E-state index contributed by atoms with van der Waals surface area (Å²) in [7, 11) is 0. The molecule has 1 aliphatic rings. The predicted octanol–water partition coefficient (Wildman–Crippen LogP) is 2.56. The molecule has 0 aromatic heterocycles. The van der Waals surface area contributed by atoms with Crippen molar-refractivity contribution < 1.29 is 9.18 Å². The van der Waals surface area contributed by atoms with E-state index in [1.807, 2.05) is 0 Å². The van der Waals surface area contributed by atoms with Gasteiger partial charge in [-0.25, -0.2) is 4.39 Å². The van der Waals surface area contributed by atoms with E-state index >= 15 is 0 Å². The van der Waals surface area contributed by atoms with Crippen LogP contribution in [0.2, 0.25) is 5.02 Å². The molecule has 0 heterocycles. The first-order chi connectivity index (χ1) is 8.50. The first kappa shape index (κ1) is 13.3. The van der Waals surface area contributed by atoms with Crippen molar-refractivity contribution in [3.8, 4) is 0 Å². The fourth-order valence-electron chi connectivity index (χ4n) is 2.59. The summed E-state index contributed by atoms with van der Waals surface area (Å²) in [5.41, 5.74) is 12.0. The third kappa shape index (κ3) is 2.49. The van der Waals surface area contributed by atoms with Crippen molar-refractivity contribution >= 4 is 17.5 Å². The fourth-order valence-corrected chi connectivity index (χ4v) is 2.91. The summed E-state index contributed by atoms with van der Waals surface area (Å²) in [6.07, 6.45) is 3.33. The largest absolute Gasteiger partial charge is 0.366 e. The summed E-state index contributed by atoms with van der Waals surface area (Å²) >= 11 is 6.00. The van der Waals surface area contributed by atoms with Gasteiger partial charge in [-0.2, -0.15) is 0 Å². The highest BCUT2D eigenvalue weighted by atomic mass is 35.5. The SMILES string of the molecule is NC(=O)c1ccc(F)c(Cl)c1C1CCC(N)CC1. The third-order valence-corrected chi connectivity index (χ3v) is 3.96. The number of nitrogens with two attached hydrogens (primary N) is 2. The molecule has 4 N–H and O–H groups in total. The van der Waals surface area contributed by atoms with E-state index in [2.05, 4.69) is 0 Å². The molecule has 1 aromatic rings. The fraction of sp³-hybridized carbons (Fsp3) is 0.462. The molecule has 18 heavy (non-hydrogen) atoms. The van der Waals surface area contributed by atoms with Crippen LogP contribution in [0.3, 0.4) is 0 Å². The summed E-state index contributed by atoms with van der Waals surface area (Å²) in [5.74, 6) is -1.01. The Morgan fingerprint density at radius 3 is 2.44 bits per heavy atom. The molecule has 0 spiro atoms. The number of carbonyl (C=O) groups is 1. The Morgan fingerprint density at radius 1 is 1.28 bits per heavy atom. The van der Waals surface area contributed by atoms with Gasteiger partial charge in [-0.15, -0.1) is 0 Å². The lowest BCUT2D eigenvalue weighted by Gasteiger charge is -2.28. The van der Waals surface area contributed by atoms with Crippen LogP contribution in [0.5, 0.6) is 0 Å². The average molecular weight is 271 g/mol. The second-order valence-corrected chi connectivity index (χ2v) is 5.18. The van der Waals surface area contributed by atoms with Crippen LogP contribution in [-0.4, -0.2) is 11.9 Å². The molecule has 3 nitrogen and oxygen atoms in total. The highest BCUT2D eigenvalue weighted by molar-refractivity contribution is 6.32. The van der Waals surface area contributed by atoms with Crippen molar-refractivity contribution in [1.82, 2.24) is 0 Å². The zero-order chi connectivity index (χ0) is 13.3. The standard InChI is InChI=1S/C13H16ClFN2O/c14-12-10(15)6-5-9(13(17)18)11(12)7-1-3-8(16)4-2-7/h5-8H,1-4,16H2,(H2,17,18). The molecule has 5 heteroatoms. The molecule has 0 bridgehead atoms. The number of primary amides is 1. The van der Waals surface area contributed by atoms with Gasteiger partial charge in [-0.1, -0.05) is 11.6 Å². The summed E-state index contributed by atoms with van der Waals surface area (Å²) in [6.45, 7) is 0. The maximum Gasteiger partial charge on any atom is 0.249 e.